The fraction of sp³-hybridized carbons (Fsp3) is 0.487. The minimum atomic E-state index is -3.83. The van der Waals surface area contributed by atoms with E-state index in [2.05, 4.69) is 33.4 Å². The smallest absolute Gasteiger partial charge is 0.244 e. The number of sulfonamides is 1. The fourth-order valence-electron chi connectivity index (χ4n) is 8.87. The number of carbonyl (C=O) groups is 2. The highest BCUT2D eigenvalue weighted by Crippen LogP contribution is 2.60. The van der Waals surface area contributed by atoms with Gasteiger partial charge in [-0.25, -0.2) is 8.42 Å². The minimum absolute atomic E-state index is 0.146. The third kappa shape index (κ3) is 7.99. The molecule has 0 unspecified atom stereocenters. The third-order valence-corrected chi connectivity index (χ3v) is 12.3. The first kappa shape index (κ1) is 34.7. The lowest BCUT2D eigenvalue weighted by molar-refractivity contribution is -0.140. The van der Waals surface area contributed by atoms with E-state index in [0.717, 1.165) is 39.6 Å². The Morgan fingerprint density at radius 1 is 0.875 bits per heavy atom. The normalized spacial score (nSPS) is 23.6. The van der Waals surface area contributed by atoms with Crippen molar-refractivity contribution >= 4 is 43.5 Å². The van der Waals surface area contributed by atoms with Gasteiger partial charge in [0.05, 0.1) is 11.9 Å². The second-order valence-corrected chi connectivity index (χ2v) is 17.8. The first-order valence-corrected chi connectivity index (χ1v) is 20.0. The molecule has 1 atom stereocenters. The summed E-state index contributed by atoms with van der Waals surface area (Å²) in [5, 5.41) is 3.04. The van der Waals surface area contributed by atoms with Crippen molar-refractivity contribution in [1.82, 2.24) is 10.2 Å². The molecule has 0 aromatic heterocycles. The Labute approximate surface area is 294 Å². The Hall–Kier alpha value is -3.17. The van der Waals surface area contributed by atoms with Crippen LogP contribution < -0.4 is 9.62 Å². The Bertz CT molecular complexity index is 1680. The van der Waals surface area contributed by atoms with Gasteiger partial charge in [0.2, 0.25) is 21.8 Å². The van der Waals surface area contributed by atoms with Gasteiger partial charge in [0.25, 0.3) is 0 Å². The average Bonchev–Trinajstić information content (AvgIpc) is 3.03. The number of amides is 2. The average molecular weight is 735 g/mol. The lowest BCUT2D eigenvalue weighted by Crippen LogP contribution is -2.53. The number of halogens is 1. The summed E-state index contributed by atoms with van der Waals surface area (Å²) < 4.78 is 28.7. The van der Waals surface area contributed by atoms with E-state index in [0.29, 0.717) is 18.7 Å². The van der Waals surface area contributed by atoms with Crippen LogP contribution in [0.1, 0.15) is 69.1 Å². The van der Waals surface area contributed by atoms with Crippen LogP contribution in [-0.4, -0.2) is 50.5 Å². The quantitative estimate of drug-likeness (QED) is 0.203. The van der Waals surface area contributed by atoms with Gasteiger partial charge >= 0.3 is 0 Å². The van der Waals surface area contributed by atoms with Crippen LogP contribution in [0.4, 0.5) is 5.69 Å². The van der Waals surface area contributed by atoms with Gasteiger partial charge < -0.3 is 10.2 Å². The molecule has 9 heteroatoms. The molecule has 0 saturated heterocycles. The van der Waals surface area contributed by atoms with Gasteiger partial charge in [-0.3, -0.25) is 13.9 Å². The molecule has 0 spiro atoms. The number of carbonyl (C=O) groups excluding carboxylic acids is 2. The van der Waals surface area contributed by atoms with Crippen LogP contribution in [0, 0.1) is 23.7 Å². The molecule has 3 aromatic rings. The van der Waals surface area contributed by atoms with E-state index in [4.69, 9.17) is 0 Å². The van der Waals surface area contributed by atoms with Gasteiger partial charge in [-0.15, -0.1) is 0 Å². The summed E-state index contributed by atoms with van der Waals surface area (Å²) in [5.41, 5.74) is 3.69. The van der Waals surface area contributed by atoms with E-state index in [1.165, 1.54) is 48.4 Å². The van der Waals surface area contributed by atoms with Crippen LogP contribution in [0.3, 0.4) is 0 Å². The molecule has 4 aliphatic rings. The summed E-state index contributed by atoms with van der Waals surface area (Å²) in [5.74, 6) is 1.94. The second kappa shape index (κ2) is 14.4. The summed E-state index contributed by atoms with van der Waals surface area (Å²) in [7, 11) is -3.83. The lowest BCUT2D eigenvalue weighted by Gasteiger charge is -2.57. The van der Waals surface area contributed by atoms with Crippen molar-refractivity contribution < 1.29 is 18.0 Å². The first-order chi connectivity index (χ1) is 22.9. The van der Waals surface area contributed by atoms with Crippen molar-refractivity contribution in [2.75, 3.05) is 23.7 Å². The highest BCUT2D eigenvalue weighted by molar-refractivity contribution is 9.10. The molecule has 0 radical (unpaired) electrons. The lowest BCUT2D eigenvalue weighted by atomic mass is 9.48. The highest BCUT2D eigenvalue weighted by Gasteiger charge is 2.51. The van der Waals surface area contributed by atoms with Gasteiger partial charge in [-0.1, -0.05) is 84.4 Å². The number of hydrogen-bond donors (Lipinski definition) is 1. The van der Waals surface area contributed by atoms with Gasteiger partial charge in [0.15, 0.2) is 0 Å². The zero-order valence-corrected chi connectivity index (χ0v) is 30.7. The Morgan fingerprint density at radius 2 is 1.48 bits per heavy atom. The molecule has 3 aromatic carbocycles. The van der Waals surface area contributed by atoms with Crippen LogP contribution in [0.15, 0.2) is 83.3 Å². The van der Waals surface area contributed by atoms with E-state index in [-0.39, 0.29) is 23.8 Å². The van der Waals surface area contributed by atoms with Crippen molar-refractivity contribution in [1.29, 1.82) is 0 Å². The predicted molar refractivity (Wildman–Crippen MR) is 195 cm³/mol. The second-order valence-electron chi connectivity index (χ2n) is 15.0. The molecule has 256 valence electrons. The maximum atomic E-state index is 14.5. The van der Waals surface area contributed by atoms with Crippen molar-refractivity contribution in [3.8, 4) is 0 Å². The van der Waals surface area contributed by atoms with E-state index >= 15 is 0 Å². The zero-order chi connectivity index (χ0) is 34.1. The summed E-state index contributed by atoms with van der Waals surface area (Å²) in [6.07, 6.45) is 9.18. The first-order valence-electron chi connectivity index (χ1n) is 17.3. The fourth-order valence-corrected chi connectivity index (χ4v) is 10.2. The Morgan fingerprint density at radius 3 is 2.04 bits per heavy atom. The minimum Gasteiger partial charge on any atom is -0.354 e. The maximum absolute atomic E-state index is 14.5. The Kier molecular flexibility index (Phi) is 10.4. The van der Waals surface area contributed by atoms with Gasteiger partial charge in [-0.2, -0.15) is 0 Å². The van der Waals surface area contributed by atoms with Crippen molar-refractivity contribution in [3.63, 3.8) is 0 Å². The topological polar surface area (TPSA) is 86.8 Å². The summed E-state index contributed by atoms with van der Waals surface area (Å²) in [6, 6.07) is 24.4. The van der Waals surface area contributed by atoms with Crippen molar-refractivity contribution in [2.45, 2.75) is 76.8 Å². The van der Waals surface area contributed by atoms with Crippen molar-refractivity contribution in [3.05, 3.63) is 100 Å². The molecule has 7 nitrogen and oxygen atoms in total. The number of rotatable bonds is 13. The number of hydrogen-bond acceptors (Lipinski definition) is 4. The van der Waals surface area contributed by atoms with Gasteiger partial charge in [0, 0.05) is 24.0 Å². The van der Waals surface area contributed by atoms with E-state index in [9.17, 15) is 18.0 Å². The molecule has 0 aliphatic heterocycles. The number of benzene rings is 3. The highest BCUT2D eigenvalue weighted by atomic mass is 79.9. The molecule has 48 heavy (non-hydrogen) atoms. The molecule has 0 heterocycles. The zero-order valence-electron chi connectivity index (χ0n) is 28.3. The van der Waals surface area contributed by atoms with Crippen molar-refractivity contribution in [2.24, 2.45) is 23.7 Å². The molecular formula is C39H48BrN3O4S. The number of nitrogens with one attached hydrogen (secondary N) is 1. The summed E-state index contributed by atoms with van der Waals surface area (Å²) in [4.78, 5) is 29.9. The van der Waals surface area contributed by atoms with Crippen LogP contribution in [-0.2, 0) is 38.0 Å². The van der Waals surface area contributed by atoms with Gasteiger partial charge in [0.1, 0.15) is 12.6 Å². The number of anilines is 1. The van der Waals surface area contributed by atoms with Crippen LogP contribution in [0.2, 0.25) is 0 Å². The summed E-state index contributed by atoms with van der Waals surface area (Å²) >= 11 is 3.53. The SMILES string of the molecule is CC(C)CNC(=O)[C@@H](Cc1ccccc1)N(Cc1cccc(Br)c1)C(=O)CN(c1ccc(C23CC4CC(CC(C4)C2)C3)cc1)S(C)(=O)=O. The van der Waals surface area contributed by atoms with Crippen LogP contribution >= 0.6 is 15.9 Å². The largest absolute Gasteiger partial charge is 0.354 e. The molecule has 4 aliphatic carbocycles. The molecule has 2 amide bonds. The summed E-state index contributed by atoms with van der Waals surface area (Å²) in [6.45, 7) is 4.25. The molecule has 4 bridgehead atoms. The standard InChI is InChI=1S/C39H48BrN3O4S/c1-27(2)24-41-38(45)36(20-28-8-5-4-6-9-28)42(25-29-10-7-11-34(40)19-29)37(44)26-43(48(3,46)47)35-14-12-33(13-15-35)39-21-30-16-31(22-39)18-32(17-30)23-39/h4-15,19,27,30-32,36H,16-18,20-26H2,1-3H3,(H,41,45)/t30?,31?,32?,36-,39?/m1/s1. The predicted octanol–water partition coefficient (Wildman–Crippen LogP) is 7.10. The molecule has 1 N–H and O–H groups in total. The van der Waals surface area contributed by atoms with E-state index in [1.807, 2.05) is 80.6 Å². The monoisotopic (exact) mass is 733 g/mol. The van der Waals surface area contributed by atoms with Crippen LogP contribution in [0.5, 0.6) is 0 Å². The molecular weight excluding hydrogens is 686 g/mol. The Balaban J connectivity index is 1.30. The molecule has 4 fully saturated rings. The molecule has 4 saturated carbocycles. The van der Waals surface area contributed by atoms with Gasteiger partial charge in [-0.05, 0) is 109 Å². The maximum Gasteiger partial charge on any atom is 0.244 e. The van der Waals surface area contributed by atoms with Crippen LogP contribution in [0.25, 0.3) is 0 Å². The number of nitrogens with zero attached hydrogens (tertiary/aromatic N) is 2. The van der Waals surface area contributed by atoms with E-state index < -0.39 is 28.5 Å². The molecule has 7 rings (SSSR count). The van der Waals surface area contributed by atoms with E-state index in [1.54, 1.807) is 4.90 Å². The third-order valence-electron chi connectivity index (χ3n) is 10.7.